The van der Waals surface area contributed by atoms with Gasteiger partial charge in [-0.25, -0.2) is 0 Å². The highest BCUT2D eigenvalue weighted by atomic mass is 16.5. The van der Waals surface area contributed by atoms with Crippen LogP contribution in [-0.2, 0) is 13.0 Å². The molecular weight excluding hydrogens is 430 g/mol. The molecule has 4 rings (SSSR count). The molecule has 0 unspecified atom stereocenters. The van der Waals surface area contributed by atoms with E-state index in [1.807, 2.05) is 19.1 Å². The van der Waals surface area contributed by atoms with Crippen LogP contribution in [0.15, 0.2) is 34.9 Å². The van der Waals surface area contributed by atoms with E-state index < -0.39 is 0 Å². The van der Waals surface area contributed by atoms with E-state index in [0.717, 1.165) is 42.0 Å². The van der Waals surface area contributed by atoms with Crippen LogP contribution in [0.2, 0.25) is 0 Å². The van der Waals surface area contributed by atoms with Crippen LogP contribution in [-0.4, -0.2) is 50.3 Å². The third-order valence-corrected chi connectivity index (χ3v) is 6.36. The first-order valence-corrected chi connectivity index (χ1v) is 11.7. The summed E-state index contributed by atoms with van der Waals surface area (Å²) in [5.41, 5.74) is 6.20. The van der Waals surface area contributed by atoms with Crippen molar-refractivity contribution in [3.8, 4) is 33.9 Å². The SMILES string of the molecule is CCNC(=O)c1noc(-c2cc(C(C)C)c(OC)cc2OC)c1-c1ccc2c(c1)CCN(C)C2. The maximum absolute atomic E-state index is 13.0. The number of hydrogen-bond donors (Lipinski definition) is 1. The molecule has 2 heterocycles. The van der Waals surface area contributed by atoms with E-state index in [4.69, 9.17) is 14.0 Å². The van der Waals surface area contributed by atoms with E-state index in [0.29, 0.717) is 23.6 Å². The molecule has 1 N–H and O–H groups in total. The number of nitrogens with zero attached hydrogens (tertiary/aromatic N) is 2. The standard InChI is InChI=1S/C27H33N3O4/c1-7-28-27(31)25-24(18-8-9-19-15-30(4)11-10-17(19)12-18)26(34-29-25)21-13-20(16(2)3)22(32-5)14-23(21)33-6/h8-9,12-14,16H,7,10-11,15H2,1-6H3,(H,28,31). The quantitative estimate of drug-likeness (QED) is 0.538. The van der Waals surface area contributed by atoms with Crippen molar-refractivity contribution in [1.82, 2.24) is 15.4 Å². The van der Waals surface area contributed by atoms with E-state index in [1.165, 1.54) is 11.1 Å². The van der Waals surface area contributed by atoms with Crippen molar-refractivity contribution in [3.63, 3.8) is 0 Å². The smallest absolute Gasteiger partial charge is 0.274 e. The molecule has 7 nitrogen and oxygen atoms in total. The van der Waals surface area contributed by atoms with Crippen LogP contribution in [0.3, 0.4) is 0 Å². The summed E-state index contributed by atoms with van der Waals surface area (Å²) in [7, 11) is 5.39. The average Bonchev–Trinajstić information content (AvgIpc) is 3.28. The minimum absolute atomic E-state index is 0.217. The van der Waals surface area contributed by atoms with Crippen molar-refractivity contribution in [2.24, 2.45) is 0 Å². The van der Waals surface area contributed by atoms with E-state index in [2.05, 4.69) is 54.5 Å². The Kier molecular flexibility index (Phi) is 6.93. The summed E-state index contributed by atoms with van der Waals surface area (Å²) in [6.07, 6.45) is 0.958. The lowest BCUT2D eigenvalue weighted by molar-refractivity contribution is 0.0947. The first-order chi connectivity index (χ1) is 16.4. The number of methoxy groups -OCH3 is 2. The number of amides is 1. The largest absolute Gasteiger partial charge is 0.496 e. The number of aromatic nitrogens is 1. The Bertz CT molecular complexity index is 1200. The monoisotopic (exact) mass is 463 g/mol. The third-order valence-electron chi connectivity index (χ3n) is 6.36. The topological polar surface area (TPSA) is 76.8 Å². The fourth-order valence-electron chi connectivity index (χ4n) is 4.54. The molecule has 3 aromatic rings. The molecule has 0 fully saturated rings. The Balaban J connectivity index is 1.94. The summed E-state index contributed by atoms with van der Waals surface area (Å²) >= 11 is 0. The normalized spacial score (nSPS) is 13.6. The Morgan fingerprint density at radius 3 is 2.59 bits per heavy atom. The second-order valence-corrected chi connectivity index (χ2v) is 9.02. The number of carbonyl (C=O) groups is 1. The van der Waals surface area contributed by atoms with Crippen molar-refractivity contribution in [3.05, 3.63) is 52.7 Å². The van der Waals surface area contributed by atoms with Crippen LogP contribution < -0.4 is 14.8 Å². The number of fused-ring (bicyclic) bond motifs is 1. The Morgan fingerprint density at radius 1 is 1.15 bits per heavy atom. The van der Waals surface area contributed by atoms with Gasteiger partial charge in [-0.05, 0) is 54.6 Å². The van der Waals surface area contributed by atoms with Crippen LogP contribution in [0.4, 0.5) is 0 Å². The number of benzene rings is 2. The average molecular weight is 464 g/mol. The van der Waals surface area contributed by atoms with Gasteiger partial charge in [-0.3, -0.25) is 4.79 Å². The van der Waals surface area contributed by atoms with Crippen LogP contribution in [0.5, 0.6) is 11.5 Å². The summed E-state index contributed by atoms with van der Waals surface area (Å²) in [6.45, 7) is 8.52. The zero-order chi connectivity index (χ0) is 24.4. The number of carbonyl (C=O) groups excluding carboxylic acids is 1. The van der Waals surface area contributed by atoms with Crippen molar-refractivity contribution in [2.45, 2.75) is 39.7 Å². The maximum atomic E-state index is 13.0. The highest BCUT2D eigenvalue weighted by Gasteiger charge is 2.28. The van der Waals surface area contributed by atoms with Crippen LogP contribution in [0, 0.1) is 0 Å². The summed E-state index contributed by atoms with van der Waals surface area (Å²) in [5, 5.41) is 7.08. The molecule has 1 aromatic heterocycles. The number of rotatable bonds is 7. The van der Waals surface area contributed by atoms with Gasteiger partial charge in [0.05, 0.1) is 25.3 Å². The molecule has 0 spiro atoms. The van der Waals surface area contributed by atoms with Crippen LogP contribution >= 0.6 is 0 Å². The van der Waals surface area contributed by atoms with Gasteiger partial charge in [0, 0.05) is 25.7 Å². The zero-order valence-corrected chi connectivity index (χ0v) is 20.8. The Labute approximate surface area is 201 Å². The number of nitrogens with one attached hydrogen (secondary N) is 1. The third kappa shape index (κ3) is 4.40. The van der Waals surface area contributed by atoms with Crippen molar-refractivity contribution >= 4 is 5.91 Å². The fraction of sp³-hybridized carbons (Fsp3) is 0.407. The summed E-state index contributed by atoms with van der Waals surface area (Å²) in [6, 6.07) is 10.2. The lowest BCUT2D eigenvalue weighted by atomic mass is 9.91. The van der Waals surface area contributed by atoms with E-state index in [9.17, 15) is 4.79 Å². The lowest BCUT2D eigenvalue weighted by Gasteiger charge is -2.25. The molecule has 0 aliphatic carbocycles. The molecule has 1 aliphatic heterocycles. The maximum Gasteiger partial charge on any atom is 0.274 e. The van der Waals surface area contributed by atoms with Crippen molar-refractivity contribution < 1.29 is 18.8 Å². The highest BCUT2D eigenvalue weighted by molar-refractivity contribution is 6.02. The number of ether oxygens (including phenoxy) is 2. The van der Waals surface area contributed by atoms with Gasteiger partial charge in [0.25, 0.3) is 5.91 Å². The summed E-state index contributed by atoms with van der Waals surface area (Å²) in [5.74, 6) is 1.81. The van der Waals surface area contributed by atoms with Gasteiger partial charge < -0.3 is 24.2 Å². The van der Waals surface area contributed by atoms with Crippen LogP contribution in [0.25, 0.3) is 22.5 Å². The minimum Gasteiger partial charge on any atom is -0.496 e. The van der Waals surface area contributed by atoms with E-state index in [-0.39, 0.29) is 17.5 Å². The molecule has 2 aromatic carbocycles. The molecule has 0 atom stereocenters. The predicted octanol–water partition coefficient (Wildman–Crippen LogP) is 4.89. The first-order valence-electron chi connectivity index (χ1n) is 11.7. The molecule has 7 heteroatoms. The first kappa shape index (κ1) is 23.8. The molecule has 0 saturated carbocycles. The molecule has 34 heavy (non-hydrogen) atoms. The zero-order valence-electron chi connectivity index (χ0n) is 20.8. The highest BCUT2D eigenvalue weighted by Crippen LogP contribution is 2.44. The minimum atomic E-state index is -0.262. The molecule has 0 bridgehead atoms. The predicted molar refractivity (Wildman–Crippen MR) is 133 cm³/mol. The molecule has 1 aliphatic rings. The van der Waals surface area contributed by atoms with E-state index >= 15 is 0 Å². The van der Waals surface area contributed by atoms with Gasteiger partial charge in [-0.15, -0.1) is 0 Å². The Hall–Kier alpha value is -3.32. The van der Waals surface area contributed by atoms with Crippen molar-refractivity contribution in [1.29, 1.82) is 0 Å². The van der Waals surface area contributed by atoms with E-state index in [1.54, 1.807) is 14.2 Å². The molecule has 180 valence electrons. The van der Waals surface area contributed by atoms with Crippen molar-refractivity contribution in [2.75, 3.05) is 34.4 Å². The second kappa shape index (κ2) is 9.89. The van der Waals surface area contributed by atoms with Gasteiger partial charge in [0.15, 0.2) is 11.5 Å². The van der Waals surface area contributed by atoms with Gasteiger partial charge in [0.2, 0.25) is 0 Å². The van der Waals surface area contributed by atoms with Crippen LogP contribution in [0.1, 0.15) is 53.9 Å². The second-order valence-electron chi connectivity index (χ2n) is 9.02. The number of hydrogen-bond acceptors (Lipinski definition) is 6. The Morgan fingerprint density at radius 2 is 1.91 bits per heavy atom. The fourth-order valence-corrected chi connectivity index (χ4v) is 4.54. The van der Waals surface area contributed by atoms with Gasteiger partial charge in [-0.1, -0.05) is 37.2 Å². The summed E-state index contributed by atoms with van der Waals surface area (Å²) < 4.78 is 17.2. The molecule has 1 amide bonds. The molecule has 0 saturated heterocycles. The van der Waals surface area contributed by atoms with Gasteiger partial charge in [-0.2, -0.15) is 0 Å². The van der Waals surface area contributed by atoms with Gasteiger partial charge in [0.1, 0.15) is 11.5 Å². The number of likely N-dealkylation sites (N-methyl/N-ethyl adjacent to an activating group) is 1. The lowest BCUT2D eigenvalue weighted by Crippen LogP contribution is -2.26. The molecular formula is C27H33N3O4. The summed E-state index contributed by atoms with van der Waals surface area (Å²) in [4.78, 5) is 15.3. The van der Waals surface area contributed by atoms with Gasteiger partial charge >= 0.3 is 0 Å². The molecule has 0 radical (unpaired) electrons.